The van der Waals surface area contributed by atoms with Crippen molar-refractivity contribution in [1.82, 2.24) is 0 Å². The lowest BCUT2D eigenvalue weighted by Gasteiger charge is -2.02. The fourth-order valence-electron chi connectivity index (χ4n) is 0.827. The van der Waals surface area contributed by atoms with Crippen LogP contribution in [0.15, 0.2) is 24.3 Å². The van der Waals surface area contributed by atoms with E-state index in [2.05, 4.69) is 46.9 Å². The Morgan fingerprint density at radius 1 is 1.45 bits per heavy atom. The van der Waals surface area contributed by atoms with Gasteiger partial charge in [-0.25, -0.2) is 0 Å². The van der Waals surface area contributed by atoms with E-state index in [4.69, 9.17) is 4.43 Å². The minimum atomic E-state index is -0.448. The van der Waals surface area contributed by atoms with Crippen LogP contribution in [0.1, 0.15) is 6.92 Å². The summed E-state index contributed by atoms with van der Waals surface area (Å²) in [6.45, 7) is 2.89. The summed E-state index contributed by atoms with van der Waals surface area (Å²) in [7, 11) is -0.448. The van der Waals surface area contributed by atoms with Crippen LogP contribution in [0, 0.1) is 3.57 Å². The van der Waals surface area contributed by atoms with Crippen LogP contribution >= 0.6 is 22.6 Å². The highest BCUT2D eigenvalue weighted by Gasteiger charge is 1.96. The number of hydrogen-bond acceptors (Lipinski definition) is 1. The summed E-state index contributed by atoms with van der Waals surface area (Å²) in [6.07, 6.45) is 0. The van der Waals surface area contributed by atoms with E-state index in [9.17, 15) is 0 Å². The van der Waals surface area contributed by atoms with Crippen molar-refractivity contribution in [2.75, 3.05) is 6.61 Å². The Morgan fingerprint density at radius 3 is 2.82 bits per heavy atom. The molecule has 0 amide bonds. The third kappa shape index (κ3) is 2.92. The molecule has 0 spiro atoms. The second-order valence-electron chi connectivity index (χ2n) is 2.23. The van der Waals surface area contributed by atoms with Gasteiger partial charge in [0.15, 0.2) is 9.76 Å². The molecule has 0 aliphatic heterocycles. The first kappa shape index (κ1) is 9.22. The van der Waals surface area contributed by atoms with Gasteiger partial charge in [0.2, 0.25) is 0 Å². The van der Waals surface area contributed by atoms with E-state index >= 15 is 0 Å². The smallest absolute Gasteiger partial charge is 0.193 e. The zero-order valence-corrected chi connectivity index (χ0v) is 10.1. The van der Waals surface area contributed by atoms with Gasteiger partial charge in [0.25, 0.3) is 0 Å². The minimum absolute atomic E-state index is 0.448. The molecule has 0 aromatic heterocycles. The molecule has 0 saturated carbocycles. The van der Waals surface area contributed by atoms with Crippen molar-refractivity contribution in [1.29, 1.82) is 0 Å². The Hall–Kier alpha value is 0.127. The predicted molar refractivity (Wildman–Crippen MR) is 59.0 cm³/mol. The molecule has 60 valence electrons. The van der Waals surface area contributed by atoms with Crippen molar-refractivity contribution >= 4 is 37.5 Å². The molecule has 0 N–H and O–H groups in total. The minimum Gasteiger partial charge on any atom is -0.419 e. The maximum absolute atomic E-state index is 5.43. The topological polar surface area (TPSA) is 9.23 Å². The second-order valence-corrected chi connectivity index (χ2v) is 4.85. The van der Waals surface area contributed by atoms with Gasteiger partial charge in [-0.2, -0.15) is 0 Å². The van der Waals surface area contributed by atoms with Crippen molar-refractivity contribution in [3.8, 4) is 0 Å². The average Bonchev–Trinajstić information content (AvgIpc) is 2.03. The first-order valence-corrected chi connectivity index (χ1v) is 6.02. The molecule has 0 aliphatic rings. The molecule has 0 fully saturated rings. The fraction of sp³-hybridized carbons (Fsp3) is 0.250. The third-order valence-electron chi connectivity index (χ3n) is 1.42. The van der Waals surface area contributed by atoms with Crippen LogP contribution in [-0.4, -0.2) is 16.4 Å². The van der Waals surface area contributed by atoms with E-state index in [1.165, 1.54) is 8.76 Å². The molecule has 0 bridgehead atoms. The molecular weight excluding hydrogens is 267 g/mol. The summed E-state index contributed by atoms with van der Waals surface area (Å²) in [4.78, 5) is 0. The maximum atomic E-state index is 5.43. The summed E-state index contributed by atoms with van der Waals surface area (Å²) in [5, 5.41) is 1.41. The van der Waals surface area contributed by atoms with Crippen LogP contribution in [0.4, 0.5) is 0 Å². The molecule has 1 aromatic carbocycles. The summed E-state index contributed by atoms with van der Waals surface area (Å²) in [5.74, 6) is 0. The van der Waals surface area contributed by atoms with Gasteiger partial charge < -0.3 is 4.43 Å². The van der Waals surface area contributed by atoms with Gasteiger partial charge in [-0.05, 0) is 40.8 Å². The lowest BCUT2D eigenvalue weighted by molar-refractivity contribution is 0.367. The molecular formula is C8H11IOSi. The van der Waals surface area contributed by atoms with Gasteiger partial charge >= 0.3 is 0 Å². The lowest BCUT2D eigenvalue weighted by atomic mass is 10.4. The molecule has 0 unspecified atom stereocenters. The van der Waals surface area contributed by atoms with Crippen LogP contribution in [0.2, 0.25) is 0 Å². The van der Waals surface area contributed by atoms with Gasteiger partial charge in [-0.3, -0.25) is 0 Å². The number of rotatable bonds is 3. The fourth-order valence-corrected chi connectivity index (χ4v) is 2.59. The number of halogens is 1. The number of hydrogen-bond donors (Lipinski definition) is 0. The molecule has 1 rings (SSSR count). The monoisotopic (exact) mass is 278 g/mol. The summed E-state index contributed by atoms with van der Waals surface area (Å²) in [6, 6.07) is 8.42. The van der Waals surface area contributed by atoms with Crippen LogP contribution in [0.3, 0.4) is 0 Å². The highest BCUT2D eigenvalue weighted by atomic mass is 127. The van der Waals surface area contributed by atoms with E-state index in [0.717, 1.165) is 6.61 Å². The van der Waals surface area contributed by atoms with Gasteiger partial charge in [-0.15, -0.1) is 0 Å². The second kappa shape index (κ2) is 4.90. The summed E-state index contributed by atoms with van der Waals surface area (Å²) >= 11 is 2.35. The van der Waals surface area contributed by atoms with E-state index in [0.29, 0.717) is 0 Å². The van der Waals surface area contributed by atoms with Crippen LogP contribution in [-0.2, 0) is 4.43 Å². The number of benzene rings is 1. The quantitative estimate of drug-likeness (QED) is 0.593. The Morgan fingerprint density at radius 2 is 2.18 bits per heavy atom. The maximum Gasteiger partial charge on any atom is 0.193 e. The Balaban J connectivity index is 2.62. The van der Waals surface area contributed by atoms with Gasteiger partial charge in [0.05, 0.1) is 0 Å². The van der Waals surface area contributed by atoms with Gasteiger partial charge in [0, 0.05) is 10.2 Å². The van der Waals surface area contributed by atoms with Gasteiger partial charge in [0.1, 0.15) is 0 Å². The highest BCUT2D eigenvalue weighted by Crippen LogP contribution is 1.98. The molecule has 0 atom stereocenters. The van der Waals surface area contributed by atoms with Gasteiger partial charge in [-0.1, -0.05) is 18.2 Å². The molecule has 0 heterocycles. The van der Waals surface area contributed by atoms with Crippen molar-refractivity contribution in [2.45, 2.75) is 6.92 Å². The Bertz CT molecular complexity index is 227. The molecule has 0 saturated heterocycles. The molecule has 11 heavy (non-hydrogen) atoms. The average molecular weight is 278 g/mol. The van der Waals surface area contributed by atoms with E-state index in [1.54, 1.807) is 0 Å². The first-order valence-electron chi connectivity index (χ1n) is 3.65. The summed E-state index contributed by atoms with van der Waals surface area (Å²) < 4.78 is 6.77. The molecule has 1 aromatic rings. The van der Waals surface area contributed by atoms with E-state index in [-0.39, 0.29) is 0 Å². The Labute approximate surface area is 83.2 Å². The molecule has 1 nitrogen and oxygen atoms in total. The van der Waals surface area contributed by atoms with Crippen molar-refractivity contribution in [3.05, 3.63) is 27.8 Å². The molecule has 3 heteroatoms. The van der Waals surface area contributed by atoms with Crippen LogP contribution < -0.4 is 5.19 Å². The van der Waals surface area contributed by atoms with E-state index < -0.39 is 9.76 Å². The zero-order chi connectivity index (χ0) is 8.10. The van der Waals surface area contributed by atoms with E-state index in [1.807, 2.05) is 6.92 Å². The predicted octanol–water partition coefficient (Wildman–Crippen LogP) is 1.04. The molecule has 0 aliphatic carbocycles. The summed E-state index contributed by atoms with van der Waals surface area (Å²) in [5.41, 5.74) is 0. The van der Waals surface area contributed by atoms with Crippen molar-refractivity contribution < 1.29 is 4.43 Å². The lowest BCUT2D eigenvalue weighted by Crippen LogP contribution is -2.20. The first-order chi connectivity index (χ1) is 5.34. The largest absolute Gasteiger partial charge is 0.419 e. The highest BCUT2D eigenvalue weighted by molar-refractivity contribution is 14.1. The SMILES string of the molecule is CCO[SiH2]c1ccccc1I. The normalized spacial score (nSPS) is 11.1. The van der Waals surface area contributed by atoms with Crippen LogP contribution in [0.25, 0.3) is 0 Å². The zero-order valence-electron chi connectivity index (χ0n) is 6.51. The van der Waals surface area contributed by atoms with Crippen LogP contribution in [0.5, 0.6) is 0 Å². The molecule has 0 radical (unpaired) electrons. The standard InChI is InChI=1S/C8H11IOSi/c1-2-10-11-8-6-4-3-5-7(8)9/h3-6H,2,11H2,1H3. The third-order valence-corrected chi connectivity index (χ3v) is 4.73. The van der Waals surface area contributed by atoms with Crippen molar-refractivity contribution in [2.24, 2.45) is 0 Å². The van der Waals surface area contributed by atoms with Crippen molar-refractivity contribution in [3.63, 3.8) is 0 Å². The Kier molecular flexibility index (Phi) is 4.10.